The summed E-state index contributed by atoms with van der Waals surface area (Å²) in [6.45, 7) is 10.9. The molecule has 0 unspecified atom stereocenters. The summed E-state index contributed by atoms with van der Waals surface area (Å²) in [6, 6.07) is 2.94. The molecule has 1 saturated carbocycles. The summed E-state index contributed by atoms with van der Waals surface area (Å²) < 4.78 is 5.67. The van der Waals surface area contributed by atoms with Crippen LogP contribution in [0.3, 0.4) is 0 Å². The molecule has 0 aliphatic heterocycles. The van der Waals surface area contributed by atoms with Gasteiger partial charge in [-0.3, -0.25) is 4.90 Å². The second-order valence-electron chi connectivity index (χ2n) is 6.74. The van der Waals surface area contributed by atoms with E-state index in [-0.39, 0.29) is 0 Å². The van der Waals surface area contributed by atoms with Crippen LogP contribution in [0.15, 0.2) is 16.7 Å². The summed E-state index contributed by atoms with van der Waals surface area (Å²) in [5, 5.41) is 3.37. The molecule has 21 heavy (non-hydrogen) atoms. The molecule has 3 nitrogen and oxygen atoms in total. The van der Waals surface area contributed by atoms with Crippen molar-refractivity contribution in [3.8, 4) is 0 Å². The Morgan fingerprint density at radius 3 is 2.76 bits per heavy atom. The molecule has 0 radical (unpaired) electrons. The van der Waals surface area contributed by atoms with Gasteiger partial charge in [0.25, 0.3) is 0 Å². The van der Waals surface area contributed by atoms with Crippen LogP contribution in [-0.4, -0.2) is 24.0 Å². The molecule has 0 atom stereocenters. The molecule has 1 heterocycles. The minimum absolute atomic E-state index is 0.777. The maximum Gasteiger partial charge on any atom is 0.122 e. The lowest BCUT2D eigenvalue weighted by molar-refractivity contribution is 0.178. The molecule has 1 aliphatic rings. The Morgan fingerprint density at radius 1 is 1.33 bits per heavy atom. The SMILES string of the molecule is CCNCc1occc1CN(CCC(C)C)C1CCCC1. The molecular weight excluding hydrogens is 260 g/mol. The number of rotatable bonds is 9. The predicted molar refractivity (Wildman–Crippen MR) is 88.2 cm³/mol. The van der Waals surface area contributed by atoms with Crippen molar-refractivity contribution in [1.82, 2.24) is 10.2 Å². The average molecular weight is 292 g/mol. The van der Waals surface area contributed by atoms with Gasteiger partial charge in [-0.1, -0.05) is 33.6 Å². The molecule has 1 aromatic heterocycles. The van der Waals surface area contributed by atoms with Crippen LogP contribution in [0.4, 0.5) is 0 Å². The minimum atomic E-state index is 0.777. The Labute approximate surface area is 130 Å². The maximum atomic E-state index is 5.67. The van der Waals surface area contributed by atoms with Crippen LogP contribution in [0, 0.1) is 5.92 Å². The molecule has 0 saturated heterocycles. The molecule has 1 fully saturated rings. The van der Waals surface area contributed by atoms with Crippen molar-refractivity contribution in [3.63, 3.8) is 0 Å². The summed E-state index contributed by atoms with van der Waals surface area (Å²) >= 11 is 0. The lowest BCUT2D eigenvalue weighted by Crippen LogP contribution is -2.34. The monoisotopic (exact) mass is 292 g/mol. The minimum Gasteiger partial charge on any atom is -0.468 e. The van der Waals surface area contributed by atoms with Crippen molar-refractivity contribution in [2.75, 3.05) is 13.1 Å². The van der Waals surface area contributed by atoms with Crippen molar-refractivity contribution in [3.05, 3.63) is 23.7 Å². The first kappa shape index (κ1) is 16.6. The normalized spacial score (nSPS) is 16.4. The lowest BCUT2D eigenvalue weighted by Gasteiger charge is -2.29. The largest absolute Gasteiger partial charge is 0.468 e. The van der Waals surface area contributed by atoms with Gasteiger partial charge in [-0.15, -0.1) is 0 Å². The van der Waals surface area contributed by atoms with Crippen LogP contribution >= 0.6 is 0 Å². The fourth-order valence-electron chi connectivity index (χ4n) is 3.20. The van der Waals surface area contributed by atoms with Crippen molar-refractivity contribution in [2.24, 2.45) is 5.92 Å². The van der Waals surface area contributed by atoms with E-state index in [1.165, 1.54) is 44.2 Å². The molecule has 0 amide bonds. The van der Waals surface area contributed by atoms with Gasteiger partial charge in [0.15, 0.2) is 0 Å². The highest BCUT2D eigenvalue weighted by Gasteiger charge is 2.23. The van der Waals surface area contributed by atoms with E-state index < -0.39 is 0 Å². The van der Waals surface area contributed by atoms with E-state index >= 15 is 0 Å². The van der Waals surface area contributed by atoms with E-state index in [0.717, 1.165) is 37.4 Å². The summed E-state index contributed by atoms with van der Waals surface area (Å²) in [6.07, 6.45) is 8.68. The molecule has 3 heteroatoms. The number of furan rings is 1. The first-order chi connectivity index (χ1) is 10.2. The van der Waals surface area contributed by atoms with Gasteiger partial charge in [0.05, 0.1) is 12.8 Å². The zero-order valence-electron chi connectivity index (χ0n) is 14.0. The smallest absolute Gasteiger partial charge is 0.122 e. The second-order valence-corrected chi connectivity index (χ2v) is 6.74. The van der Waals surface area contributed by atoms with Crippen LogP contribution in [0.25, 0.3) is 0 Å². The second kappa shape index (κ2) is 8.60. The van der Waals surface area contributed by atoms with Gasteiger partial charge in [-0.25, -0.2) is 0 Å². The summed E-state index contributed by atoms with van der Waals surface area (Å²) in [4.78, 5) is 2.70. The van der Waals surface area contributed by atoms with E-state index in [9.17, 15) is 0 Å². The Morgan fingerprint density at radius 2 is 2.10 bits per heavy atom. The molecule has 1 aromatic rings. The quantitative estimate of drug-likeness (QED) is 0.740. The number of hydrogen-bond donors (Lipinski definition) is 1. The third-order valence-electron chi connectivity index (χ3n) is 4.58. The van der Waals surface area contributed by atoms with Crippen LogP contribution in [0.5, 0.6) is 0 Å². The third kappa shape index (κ3) is 5.15. The molecule has 0 spiro atoms. The van der Waals surface area contributed by atoms with Gasteiger partial charge in [-0.05, 0) is 44.3 Å². The zero-order chi connectivity index (χ0) is 15.1. The van der Waals surface area contributed by atoms with Crippen LogP contribution in [0.2, 0.25) is 0 Å². The Balaban J connectivity index is 1.98. The van der Waals surface area contributed by atoms with Crippen molar-refractivity contribution >= 4 is 0 Å². The predicted octanol–water partition coefficient (Wildman–Crippen LogP) is 4.18. The lowest BCUT2D eigenvalue weighted by atomic mass is 10.1. The highest BCUT2D eigenvalue weighted by molar-refractivity contribution is 5.17. The van der Waals surface area contributed by atoms with Crippen molar-refractivity contribution < 1.29 is 4.42 Å². The highest BCUT2D eigenvalue weighted by Crippen LogP contribution is 2.26. The molecule has 120 valence electrons. The first-order valence-electron chi connectivity index (χ1n) is 8.70. The Bertz CT molecular complexity index is 394. The van der Waals surface area contributed by atoms with Crippen molar-refractivity contribution in [2.45, 2.75) is 72.0 Å². The van der Waals surface area contributed by atoms with E-state index in [4.69, 9.17) is 4.42 Å². The summed E-state index contributed by atoms with van der Waals surface area (Å²) in [7, 11) is 0. The fourth-order valence-corrected chi connectivity index (χ4v) is 3.20. The van der Waals surface area contributed by atoms with Gasteiger partial charge in [0, 0.05) is 18.2 Å². The molecule has 2 rings (SSSR count). The van der Waals surface area contributed by atoms with Gasteiger partial charge in [0.1, 0.15) is 5.76 Å². The zero-order valence-corrected chi connectivity index (χ0v) is 14.0. The standard InChI is InChI=1S/C18H32N2O/c1-4-19-13-18-16(10-12-21-18)14-20(11-9-15(2)3)17-7-5-6-8-17/h10,12,15,17,19H,4-9,11,13-14H2,1-3H3. The van der Waals surface area contributed by atoms with Gasteiger partial charge in [-0.2, -0.15) is 0 Å². The topological polar surface area (TPSA) is 28.4 Å². The number of nitrogens with zero attached hydrogens (tertiary/aromatic N) is 1. The molecule has 0 aromatic carbocycles. The first-order valence-corrected chi connectivity index (χ1v) is 8.70. The van der Waals surface area contributed by atoms with Crippen molar-refractivity contribution in [1.29, 1.82) is 0 Å². The number of hydrogen-bond acceptors (Lipinski definition) is 3. The third-order valence-corrected chi connectivity index (χ3v) is 4.58. The summed E-state index contributed by atoms with van der Waals surface area (Å²) in [5.41, 5.74) is 1.37. The van der Waals surface area contributed by atoms with Crippen LogP contribution in [-0.2, 0) is 13.1 Å². The van der Waals surface area contributed by atoms with Gasteiger partial charge in [0.2, 0.25) is 0 Å². The average Bonchev–Trinajstić information content (AvgIpc) is 3.12. The number of nitrogens with one attached hydrogen (secondary N) is 1. The van der Waals surface area contributed by atoms with E-state index in [2.05, 4.69) is 37.1 Å². The van der Waals surface area contributed by atoms with E-state index in [1.54, 1.807) is 0 Å². The van der Waals surface area contributed by atoms with Crippen LogP contribution < -0.4 is 5.32 Å². The van der Waals surface area contributed by atoms with E-state index in [0.29, 0.717) is 0 Å². The maximum absolute atomic E-state index is 5.67. The van der Waals surface area contributed by atoms with Gasteiger partial charge < -0.3 is 9.73 Å². The molecular formula is C18H32N2O. The molecule has 0 bridgehead atoms. The van der Waals surface area contributed by atoms with Crippen LogP contribution in [0.1, 0.15) is 64.2 Å². The van der Waals surface area contributed by atoms with Gasteiger partial charge >= 0.3 is 0 Å². The molecule has 1 N–H and O–H groups in total. The summed E-state index contributed by atoms with van der Waals surface area (Å²) in [5.74, 6) is 1.89. The Kier molecular flexibility index (Phi) is 6.78. The molecule has 1 aliphatic carbocycles. The fraction of sp³-hybridized carbons (Fsp3) is 0.778. The highest BCUT2D eigenvalue weighted by atomic mass is 16.3. The van der Waals surface area contributed by atoms with E-state index in [1.807, 2.05) is 6.26 Å². The Hall–Kier alpha value is -0.800.